The van der Waals surface area contributed by atoms with Gasteiger partial charge in [-0.05, 0) is 24.3 Å². The summed E-state index contributed by atoms with van der Waals surface area (Å²) in [6.45, 7) is 0.516. The van der Waals surface area contributed by atoms with Gasteiger partial charge in [0.05, 0.1) is 12.2 Å². The van der Waals surface area contributed by atoms with E-state index in [0.29, 0.717) is 28.9 Å². The van der Waals surface area contributed by atoms with Crippen molar-refractivity contribution in [3.05, 3.63) is 54.4 Å². The molecule has 5 heteroatoms. The number of hydrogen-bond acceptors (Lipinski definition) is 3. The third kappa shape index (κ3) is 3.70. The zero-order valence-corrected chi connectivity index (χ0v) is 10.3. The van der Waals surface area contributed by atoms with Crippen LogP contribution in [0.4, 0.5) is 14.5 Å². The molecule has 2 aromatic rings. The highest BCUT2D eigenvalue weighted by Crippen LogP contribution is 2.31. The molecule has 0 spiro atoms. The maximum absolute atomic E-state index is 12.4. The van der Waals surface area contributed by atoms with E-state index < -0.39 is 5.76 Å². The largest absolute Gasteiger partial charge is 0.378 e. The number of halogens is 2. The molecule has 0 unspecified atom stereocenters. The summed E-state index contributed by atoms with van der Waals surface area (Å²) in [5.41, 5.74) is 1.57. The van der Waals surface area contributed by atoms with Crippen molar-refractivity contribution in [2.24, 2.45) is 0 Å². The lowest BCUT2D eigenvalue weighted by Gasteiger charge is -2.10. The van der Waals surface area contributed by atoms with E-state index in [9.17, 15) is 8.78 Å². The number of pyridine rings is 1. The normalized spacial score (nSPS) is 10.6. The molecule has 0 aliphatic rings. The first kappa shape index (κ1) is 12.8. The van der Waals surface area contributed by atoms with E-state index in [-0.39, 0.29) is 0 Å². The third-order valence-corrected chi connectivity index (χ3v) is 3.08. The Morgan fingerprint density at radius 1 is 1.11 bits per heavy atom. The Hall–Kier alpha value is -1.62. The van der Waals surface area contributed by atoms with Gasteiger partial charge >= 0.3 is 0 Å². The van der Waals surface area contributed by atoms with Crippen LogP contribution >= 0.6 is 11.8 Å². The van der Waals surface area contributed by atoms with Gasteiger partial charge < -0.3 is 5.32 Å². The maximum Gasteiger partial charge on any atom is 0.288 e. The molecular weight excluding hydrogens is 254 g/mol. The van der Waals surface area contributed by atoms with Crippen LogP contribution in [-0.4, -0.2) is 10.7 Å². The van der Waals surface area contributed by atoms with Gasteiger partial charge in [-0.2, -0.15) is 8.78 Å². The van der Waals surface area contributed by atoms with E-state index in [4.69, 9.17) is 0 Å². The highest BCUT2D eigenvalue weighted by Gasteiger charge is 2.09. The van der Waals surface area contributed by atoms with Crippen molar-refractivity contribution in [3.63, 3.8) is 0 Å². The lowest BCUT2D eigenvalue weighted by molar-refractivity contribution is 0.252. The number of hydrogen-bond donors (Lipinski definition) is 1. The number of rotatable bonds is 5. The summed E-state index contributed by atoms with van der Waals surface area (Å²) in [6.07, 6.45) is 1.71. The fraction of sp³-hybridized carbons (Fsp3) is 0.154. The van der Waals surface area contributed by atoms with Gasteiger partial charge in [0.2, 0.25) is 0 Å². The van der Waals surface area contributed by atoms with E-state index in [1.54, 1.807) is 24.4 Å². The smallest absolute Gasteiger partial charge is 0.288 e. The van der Waals surface area contributed by atoms with Crippen LogP contribution in [0.5, 0.6) is 0 Å². The van der Waals surface area contributed by atoms with Crippen LogP contribution in [0.1, 0.15) is 5.69 Å². The molecule has 0 aliphatic heterocycles. The van der Waals surface area contributed by atoms with Crippen molar-refractivity contribution in [3.8, 4) is 0 Å². The predicted octanol–water partition coefficient (Wildman–Crippen LogP) is 4.01. The zero-order chi connectivity index (χ0) is 12.8. The number of para-hydroxylation sites is 1. The van der Waals surface area contributed by atoms with Crippen molar-refractivity contribution in [1.82, 2.24) is 4.98 Å². The van der Waals surface area contributed by atoms with Gasteiger partial charge in [0.1, 0.15) is 0 Å². The molecule has 1 heterocycles. The molecule has 0 fully saturated rings. The Labute approximate surface area is 108 Å². The molecule has 1 N–H and O–H groups in total. The Morgan fingerprint density at radius 2 is 1.89 bits per heavy atom. The summed E-state index contributed by atoms with van der Waals surface area (Å²) >= 11 is 0.544. The lowest BCUT2D eigenvalue weighted by atomic mass is 10.3. The van der Waals surface area contributed by atoms with E-state index in [2.05, 4.69) is 10.3 Å². The summed E-state index contributed by atoms with van der Waals surface area (Å²) in [6, 6.07) is 12.6. The Kier molecular flexibility index (Phi) is 4.52. The van der Waals surface area contributed by atoms with Crippen LogP contribution in [0.25, 0.3) is 0 Å². The van der Waals surface area contributed by atoms with E-state index in [1.165, 1.54) is 0 Å². The molecule has 0 atom stereocenters. The summed E-state index contributed by atoms with van der Waals surface area (Å²) in [5, 5.41) is 3.12. The SMILES string of the molecule is FC(F)Sc1ccccc1NCc1ccccn1. The second-order valence-corrected chi connectivity index (χ2v) is 4.58. The highest BCUT2D eigenvalue weighted by molar-refractivity contribution is 7.99. The highest BCUT2D eigenvalue weighted by atomic mass is 32.2. The van der Waals surface area contributed by atoms with E-state index >= 15 is 0 Å². The molecular formula is C13H12F2N2S. The Balaban J connectivity index is 2.05. The van der Waals surface area contributed by atoms with Crippen LogP contribution in [0.15, 0.2) is 53.6 Å². The van der Waals surface area contributed by atoms with Gasteiger partial charge in [-0.1, -0.05) is 30.0 Å². The van der Waals surface area contributed by atoms with Crippen LogP contribution < -0.4 is 5.32 Å². The number of aromatic nitrogens is 1. The minimum atomic E-state index is -2.41. The van der Waals surface area contributed by atoms with Gasteiger partial charge in [-0.25, -0.2) is 0 Å². The topological polar surface area (TPSA) is 24.9 Å². The number of nitrogens with one attached hydrogen (secondary N) is 1. The van der Waals surface area contributed by atoms with Crippen LogP contribution in [0.2, 0.25) is 0 Å². The first-order valence-corrected chi connectivity index (χ1v) is 6.31. The van der Waals surface area contributed by atoms with Crippen molar-refractivity contribution in [1.29, 1.82) is 0 Å². The lowest BCUT2D eigenvalue weighted by Crippen LogP contribution is -2.02. The number of anilines is 1. The van der Waals surface area contributed by atoms with Gasteiger partial charge in [0.25, 0.3) is 5.76 Å². The zero-order valence-electron chi connectivity index (χ0n) is 9.51. The Morgan fingerprint density at radius 3 is 2.61 bits per heavy atom. The van der Waals surface area contributed by atoms with Gasteiger partial charge in [-0.3, -0.25) is 4.98 Å². The summed E-state index contributed by atoms with van der Waals surface area (Å²) in [5.74, 6) is -2.41. The molecule has 2 rings (SSSR count). The van der Waals surface area contributed by atoms with Gasteiger partial charge in [-0.15, -0.1) is 0 Å². The van der Waals surface area contributed by atoms with Crippen molar-refractivity contribution >= 4 is 17.4 Å². The number of alkyl halides is 2. The molecule has 94 valence electrons. The predicted molar refractivity (Wildman–Crippen MR) is 69.9 cm³/mol. The third-order valence-electron chi connectivity index (χ3n) is 2.29. The summed E-state index contributed by atoms with van der Waals surface area (Å²) < 4.78 is 24.8. The maximum atomic E-state index is 12.4. The first-order chi connectivity index (χ1) is 8.75. The molecule has 0 amide bonds. The van der Waals surface area contributed by atoms with Crippen LogP contribution in [0.3, 0.4) is 0 Å². The quantitative estimate of drug-likeness (QED) is 0.828. The van der Waals surface area contributed by atoms with E-state index in [0.717, 1.165) is 5.69 Å². The molecule has 0 aliphatic carbocycles. The average molecular weight is 266 g/mol. The van der Waals surface area contributed by atoms with Crippen molar-refractivity contribution < 1.29 is 8.78 Å². The van der Waals surface area contributed by atoms with Gasteiger partial charge in [0.15, 0.2) is 0 Å². The molecule has 1 aromatic heterocycles. The van der Waals surface area contributed by atoms with Crippen LogP contribution in [0, 0.1) is 0 Å². The second-order valence-electron chi connectivity index (χ2n) is 3.55. The molecule has 0 saturated heterocycles. The standard InChI is InChI=1S/C13H12F2N2S/c14-13(15)18-12-7-2-1-6-11(12)17-9-10-5-3-4-8-16-10/h1-8,13,17H,9H2. The molecule has 0 saturated carbocycles. The number of nitrogens with zero attached hydrogens (tertiary/aromatic N) is 1. The number of benzene rings is 1. The monoisotopic (exact) mass is 266 g/mol. The van der Waals surface area contributed by atoms with E-state index in [1.807, 2.05) is 24.3 Å². The minimum absolute atomic E-state index is 0.516. The number of thioether (sulfide) groups is 1. The van der Waals surface area contributed by atoms with Gasteiger partial charge in [0, 0.05) is 16.8 Å². The molecule has 18 heavy (non-hydrogen) atoms. The summed E-state index contributed by atoms with van der Waals surface area (Å²) in [4.78, 5) is 4.71. The molecule has 0 bridgehead atoms. The fourth-order valence-corrected chi connectivity index (χ4v) is 2.12. The molecule has 0 radical (unpaired) electrons. The Bertz CT molecular complexity index is 491. The minimum Gasteiger partial charge on any atom is -0.378 e. The summed E-state index contributed by atoms with van der Waals surface area (Å²) in [7, 11) is 0. The van der Waals surface area contributed by atoms with Crippen LogP contribution in [-0.2, 0) is 6.54 Å². The molecule has 2 nitrogen and oxygen atoms in total. The van der Waals surface area contributed by atoms with Crippen molar-refractivity contribution in [2.45, 2.75) is 17.2 Å². The average Bonchev–Trinajstić information content (AvgIpc) is 2.38. The first-order valence-electron chi connectivity index (χ1n) is 5.43. The van der Waals surface area contributed by atoms with Crippen molar-refractivity contribution in [2.75, 3.05) is 5.32 Å². The second kappa shape index (κ2) is 6.35. The fourth-order valence-electron chi connectivity index (χ4n) is 1.50. The molecule has 1 aromatic carbocycles.